The molecule has 90 valence electrons. The van der Waals surface area contributed by atoms with Crippen molar-refractivity contribution in [1.82, 2.24) is 5.32 Å². The van der Waals surface area contributed by atoms with Gasteiger partial charge in [-0.15, -0.1) is 0 Å². The number of nitrogens with one attached hydrogen (secondary N) is 1. The minimum Gasteiger partial charge on any atom is -0.396 e. The molecule has 0 amide bonds. The van der Waals surface area contributed by atoms with Gasteiger partial charge in [-0.3, -0.25) is 0 Å². The van der Waals surface area contributed by atoms with Gasteiger partial charge < -0.3 is 10.4 Å². The maximum atomic E-state index is 9.16. The lowest BCUT2D eigenvalue weighted by molar-refractivity contribution is 0.154. The Morgan fingerprint density at radius 2 is 1.88 bits per heavy atom. The summed E-state index contributed by atoms with van der Waals surface area (Å²) in [6.45, 7) is 7.15. The van der Waals surface area contributed by atoms with Crippen LogP contribution in [0.2, 0.25) is 5.02 Å². The lowest BCUT2D eigenvalue weighted by atomic mass is 9.94. The summed E-state index contributed by atoms with van der Waals surface area (Å²) in [6.07, 6.45) is 0. The Balaban J connectivity index is 2.53. The van der Waals surface area contributed by atoms with E-state index in [-0.39, 0.29) is 18.1 Å². The Bertz CT molecular complexity index is 321. The Morgan fingerprint density at radius 1 is 1.31 bits per heavy atom. The number of rotatable bonds is 5. The maximum Gasteiger partial charge on any atom is 0.0494 e. The molecule has 2 N–H and O–H groups in total. The quantitative estimate of drug-likeness (QED) is 0.831. The molecule has 1 aromatic rings. The predicted molar refractivity (Wildman–Crippen MR) is 68.7 cm³/mol. The van der Waals surface area contributed by atoms with Gasteiger partial charge in [0.2, 0.25) is 0 Å². The van der Waals surface area contributed by atoms with Crippen molar-refractivity contribution in [1.29, 1.82) is 0 Å². The van der Waals surface area contributed by atoms with Crippen LogP contribution in [0.4, 0.5) is 0 Å². The summed E-state index contributed by atoms with van der Waals surface area (Å²) in [6, 6.07) is 8.10. The van der Waals surface area contributed by atoms with Crippen LogP contribution >= 0.6 is 11.6 Å². The summed E-state index contributed by atoms with van der Waals surface area (Å²) in [7, 11) is 0. The fourth-order valence-electron chi connectivity index (χ4n) is 1.35. The first-order chi connectivity index (χ1) is 7.44. The van der Waals surface area contributed by atoms with Gasteiger partial charge in [0.25, 0.3) is 0 Å². The van der Waals surface area contributed by atoms with Gasteiger partial charge in [0.15, 0.2) is 0 Å². The van der Waals surface area contributed by atoms with E-state index in [2.05, 4.69) is 12.2 Å². The third-order valence-corrected chi connectivity index (χ3v) is 2.94. The molecular weight excluding hydrogens is 222 g/mol. The summed E-state index contributed by atoms with van der Waals surface area (Å²) in [5.74, 6) is 0. The second kappa shape index (κ2) is 5.67. The monoisotopic (exact) mass is 241 g/mol. The average molecular weight is 242 g/mol. The van der Waals surface area contributed by atoms with Gasteiger partial charge in [0, 0.05) is 29.6 Å². The van der Waals surface area contributed by atoms with E-state index in [1.165, 1.54) is 5.56 Å². The number of hydrogen-bond donors (Lipinski definition) is 2. The Labute approximate surface area is 103 Å². The Morgan fingerprint density at radius 3 is 2.38 bits per heavy atom. The van der Waals surface area contributed by atoms with E-state index in [9.17, 15) is 0 Å². The molecule has 16 heavy (non-hydrogen) atoms. The molecule has 1 unspecified atom stereocenters. The Hall–Kier alpha value is -0.570. The molecule has 0 saturated carbocycles. The molecule has 0 aromatic heterocycles. The number of hydrogen-bond acceptors (Lipinski definition) is 2. The van der Waals surface area contributed by atoms with Crippen molar-refractivity contribution in [2.75, 3.05) is 13.2 Å². The molecule has 0 aliphatic heterocycles. The average Bonchev–Trinajstić information content (AvgIpc) is 2.27. The molecule has 2 nitrogen and oxygen atoms in total. The van der Waals surface area contributed by atoms with Crippen LogP contribution in [-0.4, -0.2) is 18.3 Å². The highest BCUT2D eigenvalue weighted by molar-refractivity contribution is 6.30. The fourth-order valence-corrected chi connectivity index (χ4v) is 1.48. The van der Waals surface area contributed by atoms with E-state index in [0.29, 0.717) is 0 Å². The summed E-state index contributed by atoms with van der Waals surface area (Å²) >= 11 is 5.83. The van der Waals surface area contributed by atoms with Crippen molar-refractivity contribution in [3.05, 3.63) is 34.9 Å². The van der Waals surface area contributed by atoms with Crippen LogP contribution in [0.3, 0.4) is 0 Å². The molecule has 0 saturated heterocycles. The van der Waals surface area contributed by atoms with Crippen LogP contribution in [0.1, 0.15) is 32.4 Å². The van der Waals surface area contributed by atoms with Crippen LogP contribution in [0.25, 0.3) is 0 Å². The van der Waals surface area contributed by atoms with Crippen LogP contribution in [-0.2, 0) is 0 Å². The molecule has 1 aromatic carbocycles. The lowest BCUT2D eigenvalue weighted by Crippen LogP contribution is -2.33. The molecule has 1 atom stereocenters. The van der Waals surface area contributed by atoms with Crippen molar-refractivity contribution < 1.29 is 5.11 Å². The standard InChI is InChI=1S/C13H20ClNO/c1-10(15-8-13(2,3)9-16)11-4-6-12(14)7-5-11/h4-7,10,15-16H,8-9H2,1-3H3. The van der Waals surface area contributed by atoms with Gasteiger partial charge in [0.05, 0.1) is 0 Å². The molecule has 3 heteroatoms. The molecular formula is C13H20ClNO. The number of aliphatic hydroxyl groups is 1. The van der Waals surface area contributed by atoms with Crippen molar-refractivity contribution in [3.63, 3.8) is 0 Å². The molecule has 0 heterocycles. The molecule has 0 radical (unpaired) electrons. The lowest BCUT2D eigenvalue weighted by Gasteiger charge is -2.25. The number of aliphatic hydroxyl groups excluding tert-OH is 1. The first-order valence-corrected chi connectivity index (χ1v) is 5.92. The molecule has 0 aliphatic rings. The van der Waals surface area contributed by atoms with Crippen LogP contribution < -0.4 is 5.32 Å². The minimum absolute atomic E-state index is 0.0827. The largest absolute Gasteiger partial charge is 0.396 e. The highest BCUT2D eigenvalue weighted by atomic mass is 35.5. The van der Waals surface area contributed by atoms with E-state index in [0.717, 1.165) is 11.6 Å². The van der Waals surface area contributed by atoms with Crippen LogP contribution in [0.15, 0.2) is 24.3 Å². The van der Waals surface area contributed by atoms with E-state index in [4.69, 9.17) is 16.7 Å². The van der Waals surface area contributed by atoms with Gasteiger partial charge >= 0.3 is 0 Å². The molecule has 0 fully saturated rings. The summed E-state index contributed by atoms with van der Waals surface area (Å²) in [5.41, 5.74) is 1.12. The normalized spacial score (nSPS) is 13.8. The van der Waals surface area contributed by atoms with Crippen molar-refractivity contribution in [3.8, 4) is 0 Å². The van der Waals surface area contributed by atoms with Crippen LogP contribution in [0, 0.1) is 5.41 Å². The third kappa shape index (κ3) is 4.12. The zero-order valence-electron chi connectivity index (χ0n) is 10.1. The highest BCUT2D eigenvalue weighted by Crippen LogP contribution is 2.18. The van der Waals surface area contributed by atoms with E-state index in [1.807, 2.05) is 38.1 Å². The second-order valence-corrected chi connectivity index (χ2v) is 5.41. The zero-order chi connectivity index (χ0) is 12.2. The topological polar surface area (TPSA) is 32.3 Å². The summed E-state index contributed by atoms with van der Waals surface area (Å²) < 4.78 is 0. The maximum absolute atomic E-state index is 9.16. The van der Waals surface area contributed by atoms with Gasteiger partial charge in [0.1, 0.15) is 0 Å². The second-order valence-electron chi connectivity index (χ2n) is 4.98. The molecule has 0 aliphatic carbocycles. The minimum atomic E-state index is -0.0827. The van der Waals surface area contributed by atoms with Crippen molar-refractivity contribution >= 4 is 11.6 Å². The number of halogens is 1. The van der Waals surface area contributed by atoms with Gasteiger partial charge in [-0.05, 0) is 24.6 Å². The zero-order valence-corrected chi connectivity index (χ0v) is 10.9. The smallest absolute Gasteiger partial charge is 0.0494 e. The first-order valence-electron chi connectivity index (χ1n) is 5.54. The van der Waals surface area contributed by atoms with E-state index < -0.39 is 0 Å². The molecule has 0 spiro atoms. The summed E-state index contributed by atoms with van der Waals surface area (Å²) in [4.78, 5) is 0. The first kappa shape index (κ1) is 13.5. The van der Waals surface area contributed by atoms with Gasteiger partial charge in [-0.1, -0.05) is 37.6 Å². The SMILES string of the molecule is CC(NCC(C)(C)CO)c1ccc(Cl)cc1. The van der Waals surface area contributed by atoms with Crippen molar-refractivity contribution in [2.24, 2.45) is 5.41 Å². The predicted octanol–water partition coefficient (Wildman–Crippen LogP) is 3.01. The van der Waals surface area contributed by atoms with Crippen LogP contribution in [0.5, 0.6) is 0 Å². The van der Waals surface area contributed by atoms with Crippen molar-refractivity contribution in [2.45, 2.75) is 26.8 Å². The van der Waals surface area contributed by atoms with E-state index >= 15 is 0 Å². The summed E-state index contributed by atoms with van der Waals surface area (Å²) in [5, 5.41) is 13.3. The fraction of sp³-hybridized carbons (Fsp3) is 0.538. The third-order valence-electron chi connectivity index (χ3n) is 2.68. The molecule has 0 bridgehead atoms. The van der Waals surface area contributed by atoms with Gasteiger partial charge in [-0.25, -0.2) is 0 Å². The Kier molecular flexibility index (Phi) is 4.78. The molecule has 1 rings (SSSR count). The number of benzene rings is 1. The van der Waals surface area contributed by atoms with Gasteiger partial charge in [-0.2, -0.15) is 0 Å². The highest BCUT2D eigenvalue weighted by Gasteiger charge is 2.17. The van der Waals surface area contributed by atoms with E-state index in [1.54, 1.807) is 0 Å².